The Bertz CT molecular complexity index is 579. The zero-order chi connectivity index (χ0) is 16.7. The van der Waals surface area contributed by atoms with Crippen LogP contribution in [0.1, 0.15) is 39.3 Å². The minimum atomic E-state index is -0.428. The SMILES string of the molecule is Cc1ccc(N2CCC3(CCN(C(=O)OC(C)(C)C)C3)C2)cn1. The molecule has 23 heavy (non-hydrogen) atoms. The summed E-state index contributed by atoms with van der Waals surface area (Å²) in [6.07, 6.45) is 3.96. The number of aryl methyl sites for hydroxylation is 1. The maximum atomic E-state index is 12.3. The number of anilines is 1. The summed E-state index contributed by atoms with van der Waals surface area (Å²) < 4.78 is 5.51. The van der Waals surface area contributed by atoms with Gasteiger partial charge in [-0.15, -0.1) is 0 Å². The first-order chi connectivity index (χ1) is 10.8. The highest BCUT2D eigenvalue weighted by atomic mass is 16.6. The van der Waals surface area contributed by atoms with Gasteiger partial charge in [0.1, 0.15) is 5.60 Å². The molecule has 5 heteroatoms. The molecule has 1 aromatic heterocycles. The van der Waals surface area contributed by atoms with Gasteiger partial charge in [0.25, 0.3) is 0 Å². The number of carbonyl (C=O) groups excluding carboxylic acids is 1. The van der Waals surface area contributed by atoms with E-state index in [-0.39, 0.29) is 11.5 Å². The summed E-state index contributed by atoms with van der Waals surface area (Å²) in [5, 5.41) is 0. The van der Waals surface area contributed by atoms with Crippen molar-refractivity contribution in [2.75, 3.05) is 31.1 Å². The number of rotatable bonds is 1. The Kier molecular flexibility index (Phi) is 3.98. The molecular formula is C18H27N3O2. The number of ether oxygens (including phenoxy) is 1. The van der Waals surface area contributed by atoms with Gasteiger partial charge in [0, 0.05) is 37.3 Å². The molecular weight excluding hydrogens is 290 g/mol. The second-order valence-electron chi connectivity index (χ2n) is 7.98. The van der Waals surface area contributed by atoms with Crippen LogP contribution in [0, 0.1) is 12.3 Å². The molecule has 2 aliphatic heterocycles. The van der Waals surface area contributed by atoms with E-state index in [1.807, 2.05) is 38.8 Å². The predicted octanol–water partition coefficient (Wildman–Crippen LogP) is 3.23. The largest absolute Gasteiger partial charge is 0.444 e. The monoisotopic (exact) mass is 317 g/mol. The minimum Gasteiger partial charge on any atom is -0.444 e. The first-order valence-electron chi connectivity index (χ1n) is 8.42. The van der Waals surface area contributed by atoms with Crippen LogP contribution in [0.3, 0.4) is 0 Å². The molecule has 0 aromatic carbocycles. The maximum absolute atomic E-state index is 12.3. The number of amides is 1. The van der Waals surface area contributed by atoms with Crippen molar-refractivity contribution in [2.24, 2.45) is 5.41 Å². The average molecular weight is 317 g/mol. The Labute approximate surface area is 138 Å². The van der Waals surface area contributed by atoms with Crippen molar-refractivity contribution in [1.82, 2.24) is 9.88 Å². The second kappa shape index (κ2) is 5.69. The van der Waals surface area contributed by atoms with E-state index in [0.717, 1.165) is 44.7 Å². The molecule has 5 nitrogen and oxygen atoms in total. The maximum Gasteiger partial charge on any atom is 0.410 e. The van der Waals surface area contributed by atoms with E-state index >= 15 is 0 Å². The van der Waals surface area contributed by atoms with Gasteiger partial charge in [0.05, 0.1) is 11.9 Å². The molecule has 126 valence electrons. The lowest BCUT2D eigenvalue weighted by Gasteiger charge is -2.27. The van der Waals surface area contributed by atoms with Gasteiger partial charge in [0.15, 0.2) is 0 Å². The Balaban J connectivity index is 1.62. The molecule has 0 aliphatic carbocycles. The van der Waals surface area contributed by atoms with Crippen molar-refractivity contribution in [1.29, 1.82) is 0 Å². The fourth-order valence-electron chi connectivity index (χ4n) is 3.55. The molecule has 1 atom stereocenters. The van der Waals surface area contributed by atoms with Gasteiger partial charge >= 0.3 is 6.09 Å². The molecule has 0 saturated carbocycles. The quantitative estimate of drug-likeness (QED) is 0.798. The van der Waals surface area contributed by atoms with Crippen molar-refractivity contribution in [2.45, 2.75) is 46.1 Å². The molecule has 0 radical (unpaired) electrons. The molecule has 1 aromatic rings. The normalized spacial score (nSPS) is 24.5. The Morgan fingerprint density at radius 1 is 1.22 bits per heavy atom. The van der Waals surface area contributed by atoms with E-state index in [9.17, 15) is 4.79 Å². The number of hydrogen-bond donors (Lipinski definition) is 0. The zero-order valence-electron chi connectivity index (χ0n) is 14.6. The van der Waals surface area contributed by atoms with E-state index in [4.69, 9.17) is 4.74 Å². The van der Waals surface area contributed by atoms with Gasteiger partial charge in [-0.25, -0.2) is 4.79 Å². The molecule has 2 aliphatic rings. The number of hydrogen-bond acceptors (Lipinski definition) is 4. The highest BCUT2D eigenvalue weighted by Crippen LogP contribution is 2.41. The van der Waals surface area contributed by atoms with Crippen molar-refractivity contribution in [3.05, 3.63) is 24.0 Å². The van der Waals surface area contributed by atoms with Crippen molar-refractivity contribution < 1.29 is 9.53 Å². The van der Waals surface area contributed by atoms with E-state index in [2.05, 4.69) is 22.0 Å². The Hall–Kier alpha value is -1.78. The number of nitrogens with zero attached hydrogens (tertiary/aromatic N) is 3. The number of carbonyl (C=O) groups is 1. The van der Waals surface area contributed by atoms with Crippen LogP contribution < -0.4 is 4.90 Å². The van der Waals surface area contributed by atoms with Crippen LogP contribution in [0.25, 0.3) is 0 Å². The first-order valence-corrected chi connectivity index (χ1v) is 8.42. The topological polar surface area (TPSA) is 45.7 Å². The van der Waals surface area contributed by atoms with Crippen LogP contribution >= 0.6 is 0 Å². The molecule has 0 N–H and O–H groups in total. The number of likely N-dealkylation sites (tertiary alicyclic amines) is 1. The molecule has 0 bridgehead atoms. The highest BCUT2D eigenvalue weighted by Gasteiger charge is 2.45. The third kappa shape index (κ3) is 3.59. The van der Waals surface area contributed by atoms with Gasteiger partial charge in [-0.05, 0) is 52.7 Å². The van der Waals surface area contributed by atoms with Crippen LogP contribution in [0.15, 0.2) is 18.3 Å². The standard InChI is InChI=1S/C18H27N3O2/c1-14-5-6-15(11-19-14)20-9-7-18(12-20)8-10-21(13-18)16(22)23-17(2,3)4/h5-6,11H,7-10,12-13H2,1-4H3. The fraction of sp³-hybridized carbons (Fsp3) is 0.667. The minimum absolute atomic E-state index is 0.176. The molecule has 1 amide bonds. The summed E-state index contributed by atoms with van der Waals surface area (Å²) in [5.74, 6) is 0. The van der Waals surface area contributed by atoms with Crippen LogP contribution in [0.2, 0.25) is 0 Å². The predicted molar refractivity (Wildman–Crippen MR) is 90.7 cm³/mol. The molecule has 3 heterocycles. The summed E-state index contributed by atoms with van der Waals surface area (Å²) in [4.78, 5) is 20.9. The van der Waals surface area contributed by atoms with Gasteiger partial charge in [-0.1, -0.05) is 0 Å². The summed E-state index contributed by atoms with van der Waals surface area (Å²) in [6, 6.07) is 4.20. The lowest BCUT2D eigenvalue weighted by atomic mass is 9.86. The lowest BCUT2D eigenvalue weighted by Crippen LogP contribution is -2.37. The van der Waals surface area contributed by atoms with Crippen molar-refractivity contribution >= 4 is 11.8 Å². The summed E-state index contributed by atoms with van der Waals surface area (Å²) in [7, 11) is 0. The second-order valence-corrected chi connectivity index (χ2v) is 7.98. The van der Waals surface area contributed by atoms with Gasteiger partial charge in [-0.2, -0.15) is 0 Å². The number of pyridine rings is 1. The Morgan fingerprint density at radius 3 is 2.61 bits per heavy atom. The summed E-state index contributed by atoms with van der Waals surface area (Å²) >= 11 is 0. The molecule has 1 spiro atoms. The fourth-order valence-corrected chi connectivity index (χ4v) is 3.55. The van der Waals surface area contributed by atoms with Gasteiger partial charge < -0.3 is 14.5 Å². The van der Waals surface area contributed by atoms with Crippen LogP contribution in [-0.2, 0) is 4.74 Å². The van der Waals surface area contributed by atoms with Gasteiger partial charge in [-0.3, -0.25) is 4.98 Å². The van der Waals surface area contributed by atoms with Crippen molar-refractivity contribution in [3.63, 3.8) is 0 Å². The lowest BCUT2D eigenvalue weighted by molar-refractivity contribution is 0.0276. The smallest absolute Gasteiger partial charge is 0.410 e. The highest BCUT2D eigenvalue weighted by molar-refractivity contribution is 5.68. The average Bonchev–Trinajstić information content (AvgIpc) is 3.06. The molecule has 3 rings (SSSR count). The zero-order valence-corrected chi connectivity index (χ0v) is 14.6. The molecule has 2 fully saturated rings. The van der Waals surface area contributed by atoms with Crippen molar-refractivity contribution in [3.8, 4) is 0 Å². The number of aromatic nitrogens is 1. The van der Waals surface area contributed by atoms with Crippen LogP contribution in [0.5, 0.6) is 0 Å². The molecule has 2 saturated heterocycles. The summed E-state index contributed by atoms with van der Waals surface area (Å²) in [6.45, 7) is 11.4. The van der Waals surface area contributed by atoms with Crippen LogP contribution in [0.4, 0.5) is 10.5 Å². The van der Waals surface area contributed by atoms with E-state index in [0.29, 0.717) is 0 Å². The van der Waals surface area contributed by atoms with E-state index < -0.39 is 5.60 Å². The van der Waals surface area contributed by atoms with E-state index in [1.165, 1.54) is 5.69 Å². The van der Waals surface area contributed by atoms with Crippen LogP contribution in [-0.4, -0.2) is 47.8 Å². The third-order valence-electron chi connectivity index (χ3n) is 4.79. The van der Waals surface area contributed by atoms with Gasteiger partial charge in [0.2, 0.25) is 0 Å². The Morgan fingerprint density at radius 2 is 1.96 bits per heavy atom. The molecule has 1 unspecified atom stereocenters. The third-order valence-corrected chi connectivity index (χ3v) is 4.79. The first kappa shape index (κ1) is 16.1. The summed E-state index contributed by atoms with van der Waals surface area (Å²) in [5.41, 5.74) is 2.01. The van der Waals surface area contributed by atoms with E-state index in [1.54, 1.807) is 0 Å².